The molecule has 6 nitrogen and oxygen atoms in total. The number of nitrogens with one attached hydrogen (secondary N) is 1. The maximum absolute atomic E-state index is 6.27. The van der Waals surface area contributed by atoms with Gasteiger partial charge in [-0.3, -0.25) is 0 Å². The van der Waals surface area contributed by atoms with Gasteiger partial charge in [0.2, 0.25) is 4.77 Å². The molecule has 1 heterocycles. The molecule has 0 saturated heterocycles. The van der Waals surface area contributed by atoms with Crippen molar-refractivity contribution in [1.29, 1.82) is 0 Å². The lowest BCUT2D eigenvalue weighted by Crippen LogP contribution is -2.03. The van der Waals surface area contributed by atoms with Crippen LogP contribution in [0.5, 0.6) is 11.5 Å². The largest absolute Gasteiger partial charge is 0.490 e. The topological polar surface area (TPSA) is 64.4 Å². The molecular weight excluding hydrogens is 571 g/mol. The van der Waals surface area contributed by atoms with Gasteiger partial charge in [0.05, 0.1) is 16.4 Å². The second-order valence-corrected chi connectivity index (χ2v) is 8.87. The Hall–Kier alpha value is -2.69. The summed E-state index contributed by atoms with van der Waals surface area (Å²) < 4.78 is 14.8. The molecule has 168 valence electrons. The molecule has 0 aliphatic heterocycles. The average molecular weight is 591 g/mol. The Morgan fingerprint density at radius 3 is 2.64 bits per heavy atom. The highest BCUT2D eigenvalue weighted by Crippen LogP contribution is 2.35. The van der Waals surface area contributed by atoms with Crippen molar-refractivity contribution in [2.75, 3.05) is 6.61 Å². The molecule has 0 aliphatic carbocycles. The minimum atomic E-state index is 0.341. The van der Waals surface area contributed by atoms with Gasteiger partial charge in [-0.2, -0.15) is 14.9 Å². The Kier molecular flexibility index (Phi) is 7.79. The molecule has 33 heavy (non-hydrogen) atoms. The van der Waals surface area contributed by atoms with Gasteiger partial charge in [-0.1, -0.05) is 60.1 Å². The van der Waals surface area contributed by atoms with Crippen LogP contribution in [0.2, 0.25) is 5.02 Å². The van der Waals surface area contributed by atoms with Crippen LogP contribution in [-0.4, -0.2) is 27.7 Å². The zero-order valence-corrected chi connectivity index (χ0v) is 21.4. The van der Waals surface area contributed by atoms with Gasteiger partial charge in [-0.25, -0.2) is 5.10 Å². The third kappa shape index (κ3) is 5.63. The molecule has 0 amide bonds. The van der Waals surface area contributed by atoms with Crippen molar-refractivity contribution in [3.8, 4) is 22.9 Å². The highest BCUT2D eigenvalue weighted by Gasteiger charge is 2.13. The van der Waals surface area contributed by atoms with Crippen molar-refractivity contribution in [1.82, 2.24) is 14.9 Å². The summed E-state index contributed by atoms with van der Waals surface area (Å²) in [5.41, 5.74) is 2.66. The molecule has 0 atom stereocenters. The third-order valence-corrected chi connectivity index (χ3v) is 6.10. The molecule has 1 aromatic heterocycles. The lowest BCUT2D eigenvalue weighted by Gasteiger charge is -2.15. The van der Waals surface area contributed by atoms with E-state index in [4.69, 9.17) is 33.3 Å². The van der Waals surface area contributed by atoms with Gasteiger partial charge in [0.1, 0.15) is 6.61 Å². The van der Waals surface area contributed by atoms with E-state index in [1.165, 1.54) is 0 Å². The summed E-state index contributed by atoms with van der Waals surface area (Å²) in [6, 6.07) is 21.2. The molecule has 9 heteroatoms. The number of hydrogen-bond acceptors (Lipinski definition) is 5. The number of aromatic amines is 1. The first-order chi connectivity index (χ1) is 16.1. The summed E-state index contributed by atoms with van der Waals surface area (Å²) in [5, 5.41) is 12.4. The standard InChI is InChI=1S/C24H20ClIN4O2S/c1-2-31-21-13-16(12-20(26)22(21)32-15-18-10-6-7-11-19(18)25)14-27-30-23(28-29-24(30)33)17-8-4-3-5-9-17/h3-14H,2,15H2,1H3,(H,29,33)/b27-14-. The van der Waals surface area contributed by atoms with Gasteiger partial charge in [0.15, 0.2) is 17.3 Å². The molecule has 0 bridgehead atoms. The first-order valence-corrected chi connectivity index (χ1v) is 12.0. The maximum atomic E-state index is 6.27. The molecular formula is C24H20ClIN4O2S. The lowest BCUT2D eigenvalue weighted by molar-refractivity contribution is 0.267. The smallest absolute Gasteiger partial charge is 0.216 e. The highest BCUT2D eigenvalue weighted by atomic mass is 127. The first-order valence-electron chi connectivity index (χ1n) is 10.2. The number of ether oxygens (including phenoxy) is 2. The Morgan fingerprint density at radius 2 is 1.88 bits per heavy atom. The van der Waals surface area contributed by atoms with Crippen LogP contribution in [-0.2, 0) is 6.61 Å². The Balaban J connectivity index is 1.62. The van der Waals surface area contributed by atoms with Gasteiger partial charge in [-0.05, 0) is 65.5 Å². The number of rotatable bonds is 8. The molecule has 0 unspecified atom stereocenters. The predicted molar refractivity (Wildman–Crippen MR) is 142 cm³/mol. The van der Waals surface area contributed by atoms with E-state index in [1.54, 1.807) is 10.9 Å². The van der Waals surface area contributed by atoms with Crippen LogP contribution in [0.4, 0.5) is 0 Å². The zero-order chi connectivity index (χ0) is 23.2. The van der Waals surface area contributed by atoms with Crippen LogP contribution in [0.15, 0.2) is 71.8 Å². The maximum Gasteiger partial charge on any atom is 0.216 e. The molecule has 0 spiro atoms. The second-order valence-electron chi connectivity index (χ2n) is 6.92. The van der Waals surface area contributed by atoms with Gasteiger partial charge < -0.3 is 9.47 Å². The van der Waals surface area contributed by atoms with Crippen LogP contribution < -0.4 is 9.47 Å². The summed E-state index contributed by atoms with van der Waals surface area (Å²) in [6.07, 6.45) is 1.72. The van der Waals surface area contributed by atoms with Gasteiger partial charge in [0, 0.05) is 16.1 Å². The molecule has 0 aliphatic rings. The summed E-state index contributed by atoms with van der Waals surface area (Å²) in [4.78, 5) is 0. The van der Waals surface area contributed by atoms with Gasteiger partial charge in [0.25, 0.3) is 0 Å². The predicted octanol–water partition coefficient (Wildman–Crippen LogP) is 6.73. The molecule has 0 fully saturated rings. The number of benzene rings is 3. The summed E-state index contributed by atoms with van der Waals surface area (Å²) in [7, 11) is 0. The van der Waals surface area contributed by atoms with Gasteiger partial charge >= 0.3 is 0 Å². The first kappa shape index (κ1) is 23.5. The molecule has 3 aromatic carbocycles. The molecule has 4 aromatic rings. The fourth-order valence-electron chi connectivity index (χ4n) is 3.13. The van der Waals surface area contributed by atoms with Crippen LogP contribution in [0.25, 0.3) is 11.4 Å². The van der Waals surface area contributed by atoms with Crippen molar-refractivity contribution in [2.45, 2.75) is 13.5 Å². The zero-order valence-electron chi connectivity index (χ0n) is 17.7. The Bertz CT molecular complexity index is 1340. The number of nitrogens with zero attached hydrogens (tertiary/aromatic N) is 3. The van der Waals surface area contributed by atoms with Gasteiger partial charge in [-0.15, -0.1) is 0 Å². The van der Waals surface area contributed by atoms with E-state index >= 15 is 0 Å². The minimum absolute atomic E-state index is 0.341. The molecule has 0 saturated carbocycles. The second kappa shape index (κ2) is 11.0. The normalized spacial score (nSPS) is 11.1. The quantitative estimate of drug-likeness (QED) is 0.141. The van der Waals surface area contributed by atoms with Crippen LogP contribution in [0.1, 0.15) is 18.1 Å². The van der Waals surface area contributed by atoms with E-state index < -0.39 is 0 Å². The lowest BCUT2D eigenvalue weighted by atomic mass is 10.2. The van der Waals surface area contributed by atoms with E-state index in [9.17, 15) is 0 Å². The molecule has 4 rings (SSSR count). The fraction of sp³-hybridized carbons (Fsp3) is 0.125. The number of H-pyrrole nitrogens is 1. The van der Waals surface area contributed by atoms with Crippen LogP contribution in [0, 0.1) is 8.34 Å². The summed E-state index contributed by atoms with van der Waals surface area (Å²) >= 11 is 13.9. The van der Waals surface area contributed by atoms with Crippen molar-refractivity contribution in [3.05, 3.63) is 91.2 Å². The van der Waals surface area contributed by atoms with Crippen molar-refractivity contribution < 1.29 is 9.47 Å². The summed E-state index contributed by atoms with van der Waals surface area (Å²) in [6.45, 7) is 2.78. The van der Waals surface area contributed by atoms with Crippen molar-refractivity contribution in [3.63, 3.8) is 0 Å². The van der Waals surface area contributed by atoms with Crippen molar-refractivity contribution >= 4 is 52.6 Å². The van der Waals surface area contributed by atoms with Crippen LogP contribution in [0.3, 0.4) is 0 Å². The number of halogens is 2. The Morgan fingerprint density at radius 1 is 1.12 bits per heavy atom. The average Bonchev–Trinajstić information content (AvgIpc) is 3.19. The van der Waals surface area contributed by atoms with E-state index in [1.807, 2.05) is 73.7 Å². The van der Waals surface area contributed by atoms with Crippen molar-refractivity contribution in [2.24, 2.45) is 5.10 Å². The fourth-order valence-corrected chi connectivity index (χ4v) is 4.28. The number of aromatic nitrogens is 3. The SMILES string of the molecule is CCOc1cc(/C=N\n2c(-c3ccccc3)n[nH]c2=S)cc(I)c1OCc1ccccc1Cl. The number of hydrogen-bond donors (Lipinski definition) is 1. The van der Waals surface area contributed by atoms with E-state index in [0.717, 1.165) is 20.3 Å². The van der Waals surface area contributed by atoms with Crippen LogP contribution >= 0.6 is 46.4 Å². The van der Waals surface area contributed by atoms with E-state index in [2.05, 4.69) is 37.9 Å². The molecule has 1 N–H and O–H groups in total. The highest BCUT2D eigenvalue weighted by molar-refractivity contribution is 14.1. The van der Waals surface area contributed by atoms with E-state index in [0.29, 0.717) is 40.3 Å². The monoisotopic (exact) mass is 590 g/mol. The third-order valence-electron chi connectivity index (χ3n) is 4.67. The minimum Gasteiger partial charge on any atom is -0.490 e. The summed E-state index contributed by atoms with van der Waals surface area (Å²) in [5.74, 6) is 1.94. The van der Waals surface area contributed by atoms with E-state index in [-0.39, 0.29) is 0 Å². The molecule has 0 radical (unpaired) electrons. The Labute approximate surface area is 215 Å².